The first-order valence-corrected chi connectivity index (χ1v) is 10.7. The zero-order valence-corrected chi connectivity index (χ0v) is 17.3. The molecule has 1 aliphatic heterocycles. The lowest BCUT2D eigenvalue weighted by molar-refractivity contribution is -0.123. The van der Waals surface area contributed by atoms with E-state index in [4.69, 9.17) is 9.26 Å². The number of carbonyl (C=O) groups is 2. The zero-order valence-electron chi connectivity index (χ0n) is 16.5. The molecule has 0 bridgehead atoms. The Morgan fingerprint density at radius 1 is 1.17 bits per heavy atom. The van der Waals surface area contributed by atoms with Crippen LogP contribution in [0.4, 0.5) is 5.69 Å². The number of amides is 1. The Morgan fingerprint density at radius 2 is 1.79 bits per heavy atom. The van der Waals surface area contributed by atoms with Gasteiger partial charge in [0.15, 0.2) is 6.10 Å². The predicted molar refractivity (Wildman–Crippen MR) is 104 cm³/mol. The van der Waals surface area contributed by atoms with E-state index < -0.39 is 28.0 Å². The van der Waals surface area contributed by atoms with E-state index in [1.807, 2.05) is 0 Å². The minimum Gasteiger partial charge on any atom is -0.449 e. The average Bonchev–Trinajstić information content (AvgIpc) is 3.32. The molecule has 0 saturated carbocycles. The second kappa shape index (κ2) is 8.34. The number of esters is 1. The number of sulfonamides is 1. The van der Waals surface area contributed by atoms with Crippen molar-refractivity contribution in [1.82, 2.24) is 9.46 Å². The molecule has 1 N–H and O–H groups in total. The molecule has 1 fully saturated rings. The van der Waals surface area contributed by atoms with Gasteiger partial charge in [-0.15, -0.1) is 0 Å². The van der Waals surface area contributed by atoms with Crippen LogP contribution in [0.2, 0.25) is 0 Å². The summed E-state index contributed by atoms with van der Waals surface area (Å²) >= 11 is 0. The summed E-state index contributed by atoms with van der Waals surface area (Å²) in [5.74, 6) is -0.925. The third-order valence-corrected chi connectivity index (χ3v) is 6.63. The number of rotatable bonds is 6. The summed E-state index contributed by atoms with van der Waals surface area (Å²) in [5, 5.41) is 6.29. The molecule has 0 unspecified atom stereocenters. The molecule has 1 aliphatic rings. The van der Waals surface area contributed by atoms with Gasteiger partial charge in [-0.1, -0.05) is 5.16 Å². The van der Waals surface area contributed by atoms with E-state index in [0.29, 0.717) is 30.2 Å². The maximum absolute atomic E-state index is 12.5. The van der Waals surface area contributed by atoms with Crippen molar-refractivity contribution >= 4 is 27.6 Å². The number of aromatic nitrogens is 1. The standard InChI is InChI=1S/C19H23N3O6S/c1-12-17(13(2)28-21-12)19(24)27-14(3)18(23)20-15-6-8-16(9-7-15)29(25,26)22-10-4-5-11-22/h6-9,14H,4-5,10-11H2,1-3H3,(H,20,23)/t14-/m0/s1. The number of anilines is 1. The van der Waals surface area contributed by atoms with Crippen LogP contribution < -0.4 is 5.32 Å². The Labute approximate surface area is 169 Å². The maximum Gasteiger partial charge on any atom is 0.344 e. The third-order valence-electron chi connectivity index (χ3n) is 4.72. The van der Waals surface area contributed by atoms with E-state index in [-0.39, 0.29) is 10.5 Å². The second-order valence-electron chi connectivity index (χ2n) is 6.87. The molecule has 9 nitrogen and oxygen atoms in total. The second-order valence-corrected chi connectivity index (χ2v) is 8.81. The summed E-state index contributed by atoms with van der Waals surface area (Å²) in [6.07, 6.45) is 0.653. The lowest BCUT2D eigenvalue weighted by Crippen LogP contribution is -2.30. The first kappa shape index (κ1) is 21.0. The molecular formula is C19H23N3O6S. The molecule has 1 amide bonds. The summed E-state index contributed by atoms with van der Waals surface area (Å²) in [5.41, 5.74) is 0.978. The van der Waals surface area contributed by atoms with Gasteiger partial charge in [0.05, 0.1) is 10.6 Å². The number of aryl methyl sites for hydroxylation is 2. The number of nitrogens with zero attached hydrogens (tertiary/aromatic N) is 2. The highest BCUT2D eigenvalue weighted by Crippen LogP contribution is 2.22. The highest BCUT2D eigenvalue weighted by atomic mass is 32.2. The van der Waals surface area contributed by atoms with Gasteiger partial charge in [-0.25, -0.2) is 13.2 Å². The molecule has 156 valence electrons. The fourth-order valence-corrected chi connectivity index (χ4v) is 4.60. The summed E-state index contributed by atoms with van der Waals surface area (Å²) in [6, 6.07) is 5.90. The van der Waals surface area contributed by atoms with Crippen LogP contribution in [0.25, 0.3) is 0 Å². The molecule has 10 heteroatoms. The van der Waals surface area contributed by atoms with Crippen LogP contribution in [0.5, 0.6) is 0 Å². The van der Waals surface area contributed by atoms with Crippen molar-refractivity contribution in [3.8, 4) is 0 Å². The fraction of sp³-hybridized carbons (Fsp3) is 0.421. The predicted octanol–water partition coefficient (Wildman–Crippen LogP) is 2.26. The molecule has 1 aromatic carbocycles. The molecule has 29 heavy (non-hydrogen) atoms. The van der Waals surface area contributed by atoms with Crippen LogP contribution in [0, 0.1) is 13.8 Å². The number of ether oxygens (including phenoxy) is 1. The molecule has 0 radical (unpaired) electrons. The minimum absolute atomic E-state index is 0.176. The van der Waals surface area contributed by atoms with Gasteiger partial charge in [-0.3, -0.25) is 4.79 Å². The zero-order chi connectivity index (χ0) is 21.2. The molecule has 0 aliphatic carbocycles. The lowest BCUT2D eigenvalue weighted by Gasteiger charge is -2.16. The Balaban J connectivity index is 1.62. The molecule has 2 heterocycles. The number of hydrogen-bond donors (Lipinski definition) is 1. The van der Waals surface area contributed by atoms with Gasteiger partial charge in [0, 0.05) is 18.8 Å². The van der Waals surface area contributed by atoms with Crippen molar-refractivity contribution in [3.63, 3.8) is 0 Å². The molecule has 0 spiro atoms. The van der Waals surface area contributed by atoms with E-state index in [0.717, 1.165) is 12.8 Å². The highest BCUT2D eigenvalue weighted by Gasteiger charge is 2.27. The Morgan fingerprint density at radius 3 is 2.34 bits per heavy atom. The molecule has 2 aromatic rings. The first-order chi connectivity index (χ1) is 13.7. The number of carbonyl (C=O) groups excluding carboxylic acids is 2. The van der Waals surface area contributed by atoms with Gasteiger partial charge in [0.1, 0.15) is 11.3 Å². The number of hydrogen-bond acceptors (Lipinski definition) is 7. The van der Waals surface area contributed by atoms with Gasteiger partial charge in [-0.05, 0) is 57.9 Å². The van der Waals surface area contributed by atoms with Gasteiger partial charge in [-0.2, -0.15) is 4.31 Å². The van der Waals surface area contributed by atoms with Crippen LogP contribution in [-0.4, -0.2) is 48.9 Å². The number of nitrogens with one attached hydrogen (secondary N) is 1. The van der Waals surface area contributed by atoms with Crippen molar-refractivity contribution in [1.29, 1.82) is 0 Å². The summed E-state index contributed by atoms with van der Waals surface area (Å²) in [6.45, 7) is 5.68. The van der Waals surface area contributed by atoms with Crippen molar-refractivity contribution < 1.29 is 27.3 Å². The largest absolute Gasteiger partial charge is 0.449 e. The van der Waals surface area contributed by atoms with E-state index in [1.165, 1.54) is 35.5 Å². The fourth-order valence-electron chi connectivity index (χ4n) is 3.08. The normalized spacial score (nSPS) is 15.8. The van der Waals surface area contributed by atoms with Gasteiger partial charge >= 0.3 is 5.97 Å². The first-order valence-electron chi connectivity index (χ1n) is 9.25. The molecule has 3 rings (SSSR count). The lowest BCUT2D eigenvalue weighted by atomic mass is 10.2. The smallest absolute Gasteiger partial charge is 0.344 e. The highest BCUT2D eigenvalue weighted by molar-refractivity contribution is 7.89. The number of benzene rings is 1. The summed E-state index contributed by atoms with van der Waals surface area (Å²) in [7, 11) is -3.51. The van der Waals surface area contributed by atoms with Crippen LogP contribution in [0.15, 0.2) is 33.7 Å². The average molecular weight is 421 g/mol. The van der Waals surface area contributed by atoms with Crippen LogP contribution in [0.1, 0.15) is 41.6 Å². The van der Waals surface area contributed by atoms with E-state index in [2.05, 4.69) is 10.5 Å². The molecule has 1 saturated heterocycles. The van der Waals surface area contributed by atoms with Gasteiger partial charge in [0.25, 0.3) is 5.91 Å². The van der Waals surface area contributed by atoms with E-state index in [1.54, 1.807) is 13.8 Å². The SMILES string of the molecule is Cc1noc(C)c1C(=O)O[C@@H](C)C(=O)Nc1ccc(S(=O)(=O)N2CCCC2)cc1. The summed E-state index contributed by atoms with van der Waals surface area (Å²) in [4.78, 5) is 24.7. The van der Waals surface area contributed by atoms with Gasteiger partial charge in [0.2, 0.25) is 10.0 Å². The van der Waals surface area contributed by atoms with Gasteiger partial charge < -0.3 is 14.6 Å². The topological polar surface area (TPSA) is 119 Å². The van der Waals surface area contributed by atoms with Crippen LogP contribution >= 0.6 is 0 Å². The monoisotopic (exact) mass is 421 g/mol. The van der Waals surface area contributed by atoms with E-state index in [9.17, 15) is 18.0 Å². The van der Waals surface area contributed by atoms with Crippen LogP contribution in [0.3, 0.4) is 0 Å². The van der Waals surface area contributed by atoms with Crippen molar-refractivity contribution in [2.24, 2.45) is 0 Å². The van der Waals surface area contributed by atoms with Crippen molar-refractivity contribution in [2.45, 2.75) is 44.6 Å². The van der Waals surface area contributed by atoms with Crippen molar-refractivity contribution in [2.75, 3.05) is 18.4 Å². The van der Waals surface area contributed by atoms with E-state index >= 15 is 0 Å². The Hall–Kier alpha value is -2.72. The summed E-state index contributed by atoms with van der Waals surface area (Å²) < 4.78 is 36.6. The van der Waals surface area contributed by atoms with Crippen molar-refractivity contribution in [3.05, 3.63) is 41.3 Å². The Kier molecular flexibility index (Phi) is 6.04. The molecule has 1 atom stereocenters. The molecular weight excluding hydrogens is 398 g/mol. The van der Waals surface area contributed by atoms with Crippen LogP contribution in [-0.2, 0) is 19.6 Å². The third kappa shape index (κ3) is 4.48. The maximum atomic E-state index is 12.5. The Bertz CT molecular complexity index is 988. The minimum atomic E-state index is -3.51. The quantitative estimate of drug-likeness (QED) is 0.711. The molecule has 1 aromatic heterocycles.